The molecule has 7 nitrogen and oxygen atoms in total. The lowest BCUT2D eigenvalue weighted by molar-refractivity contribution is -0.128. The van der Waals surface area contributed by atoms with E-state index in [2.05, 4.69) is 15.6 Å². The van der Waals surface area contributed by atoms with Gasteiger partial charge in [-0.05, 0) is 25.8 Å². The number of para-hydroxylation sites is 1. The zero-order valence-electron chi connectivity index (χ0n) is 15.3. The molecule has 0 atom stereocenters. The number of guanidine groups is 1. The van der Waals surface area contributed by atoms with E-state index < -0.39 is 0 Å². The molecule has 1 aromatic carbocycles. The van der Waals surface area contributed by atoms with Crippen LogP contribution in [0.3, 0.4) is 0 Å². The van der Waals surface area contributed by atoms with Crippen molar-refractivity contribution in [2.24, 2.45) is 4.99 Å². The van der Waals surface area contributed by atoms with Crippen molar-refractivity contribution in [3.05, 3.63) is 23.8 Å². The summed E-state index contributed by atoms with van der Waals surface area (Å²) in [6.07, 6.45) is 2.19. The van der Waals surface area contributed by atoms with Crippen LogP contribution in [0.2, 0.25) is 0 Å². The first-order valence-electron chi connectivity index (χ1n) is 8.69. The monoisotopic (exact) mass is 348 g/mol. The number of hydrogen-bond donors (Lipinski definition) is 2. The zero-order chi connectivity index (χ0) is 18.1. The van der Waals surface area contributed by atoms with E-state index in [1.807, 2.05) is 30.0 Å². The second kappa shape index (κ2) is 9.76. The van der Waals surface area contributed by atoms with Gasteiger partial charge >= 0.3 is 0 Å². The molecule has 0 unspecified atom stereocenters. The highest BCUT2D eigenvalue weighted by atomic mass is 16.5. The number of methoxy groups -OCH3 is 2. The van der Waals surface area contributed by atoms with E-state index in [1.165, 1.54) is 0 Å². The Morgan fingerprint density at radius 3 is 2.60 bits per heavy atom. The molecule has 0 bridgehead atoms. The fourth-order valence-corrected chi connectivity index (χ4v) is 2.82. The summed E-state index contributed by atoms with van der Waals surface area (Å²) in [6.45, 7) is 5.10. The van der Waals surface area contributed by atoms with E-state index in [9.17, 15) is 4.79 Å². The second-order valence-electron chi connectivity index (χ2n) is 5.79. The minimum atomic E-state index is 0.113. The molecule has 0 aromatic heterocycles. The first-order chi connectivity index (χ1) is 12.2. The van der Waals surface area contributed by atoms with E-state index in [0.717, 1.165) is 38.0 Å². The molecule has 1 heterocycles. The van der Waals surface area contributed by atoms with Crippen molar-refractivity contribution in [3.8, 4) is 11.5 Å². The van der Waals surface area contributed by atoms with Crippen LogP contribution >= 0.6 is 0 Å². The van der Waals surface area contributed by atoms with Crippen LogP contribution < -0.4 is 20.1 Å². The minimum absolute atomic E-state index is 0.113. The predicted octanol–water partition coefficient (Wildman–Crippen LogP) is 1.38. The van der Waals surface area contributed by atoms with E-state index in [1.54, 1.807) is 14.2 Å². The van der Waals surface area contributed by atoms with Crippen LogP contribution in [0.25, 0.3) is 0 Å². The Bertz CT molecular complexity index is 598. The maximum absolute atomic E-state index is 12.2. The number of aliphatic imine (C=N–C) groups is 1. The van der Waals surface area contributed by atoms with Gasteiger partial charge in [0.25, 0.3) is 0 Å². The quantitative estimate of drug-likeness (QED) is 0.575. The van der Waals surface area contributed by atoms with Crippen molar-refractivity contribution in [2.75, 3.05) is 40.4 Å². The van der Waals surface area contributed by atoms with Crippen molar-refractivity contribution < 1.29 is 14.3 Å². The maximum atomic E-state index is 12.2. The predicted molar refractivity (Wildman–Crippen MR) is 98.2 cm³/mol. The van der Waals surface area contributed by atoms with Gasteiger partial charge in [0.2, 0.25) is 5.91 Å². The van der Waals surface area contributed by atoms with E-state index in [-0.39, 0.29) is 12.5 Å². The average Bonchev–Trinajstić information content (AvgIpc) is 3.18. The smallest absolute Gasteiger partial charge is 0.241 e. The van der Waals surface area contributed by atoms with Gasteiger partial charge in [0.1, 0.15) is 0 Å². The van der Waals surface area contributed by atoms with Crippen molar-refractivity contribution in [3.63, 3.8) is 0 Å². The van der Waals surface area contributed by atoms with Gasteiger partial charge in [-0.1, -0.05) is 12.1 Å². The lowest BCUT2D eigenvalue weighted by Gasteiger charge is -2.17. The summed E-state index contributed by atoms with van der Waals surface area (Å²) in [5, 5.41) is 6.27. The third kappa shape index (κ3) is 5.27. The summed E-state index contributed by atoms with van der Waals surface area (Å²) >= 11 is 0. The van der Waals surface area contributed by atoms with Crippen molar-refractivity contribution in [2.45, 2.75) is 26.3 Å². The topological polar surface area (TPSA) is 75.2 Å². The molecule has 0 saturated carbocycles. The molecule has 1 aliphatic heterocycles. The molecule has 1 amide bonds. The molecular formula is C18H28N4O3. The Hall–Kier alpha value is -2.44. The number of nitrogens with one attached hydrogen (secondary N) is 2. The van der Waals surface area contributed by atoms with Gasteiger partial charge in [-0.25, -0.2) is 4.99 Å². The van der Waals surface area contributed by atoms with Crippen molar-refractivity contribution in [1.29, 1.82) is 0 Å². The first-order valence-corrected chi connectivity index (χ1v) is 8.69. The van der Waals surface area contributed by atoms with Crippen molar-refractivity contribution >= 4 is 11.9 Å². The van der Waals surface area contributed by atoms with Crippen LogP contribution in [0.15, 0.2) is 23.2 Å². The van der Waals surface area contributed by atoms with Gasteiger partial charge in [-0.3, -0.25) is 4.79 Å². The third-order valence-electron chi connectivity index (χ3n) is 4.10. The average molecular weight is 348 g/mol. The summed E-state index contributed by atoms with van der Waals surface area (Å²) in [7, 11) is 3.23. The number of amides is 1. The molecule has 7 heteroatoms. The SMILES string of the molecule is CCNC(=NCc1cccc(OC)c1OC)NCC(=O)N1CCCC1. The minimum Gasteiger partial charge on any atom is -0.493 e. The number of nitrogens with zero attached hydrogens (tertiary/aromatic N) is 2. The van der Waals surface area contributed by atoms with Gasteiger partial charge in [-0.15, -0.1) is 0 Å². The number of carbonyl (C=O) groups is 1. The number of hydrogen-bond acceptors (Lipinski definition) is 4. The molecule has 0 aliphatic carbocycles. The number of carbonyl (C=O) groups excluding carboxylic acids is 1. The molecule has 138 valence electrons. The highest BCUT2D eigenvalue weighted by Crippen LogP contribution is 2.30. The summed E-state index contributed by atoms with van der Waals surface area (Å²) in [6, 6.07) is 5.71. The summed E-state index contributed by atoms with van der Waals surface area (Å²) in [4.78, 5) is 18.6. The highest BCUT2D eigenvalue weighted by molar-refractivity contribution is 5.86. The number of ether oxygens (including phenoxy) is 2. The summed E-state index contributed by atoms with van der Waals surface area (Å²) < 4.78 is 10.7. The molecular weight excluding hydrogens is 320 g/mol. The number of likely N-dealkylation sites (tertiary alicyclic amines) is 1. The standard InChI is InChI=1S/C18H28N4O3/c1-4-19-18(21-13-16(23)22-10-5-6-11-22)20-12-14-8-7-9-15(24-2)17(14)25-3/h7-9H,4-6,10-13H2,1-3H3,(H2,19,20,21). The lowest BCUT2D eigenvalue weighted by Crippen LogP contribution is -2.44. The molecule has 0 spiro atoms. The van der Waals surface area contributed by atoms with Crippen LogP contribution in [0, 0.1) is 0 Å². The van der Waals surface area contributed by atoms with Crippen LogP contribution in [0.5, 0.6) is 11.5 Å². The zero-order valence-corrected chi connectivity index (χ0v) is 15.3. The summed E-state index contributed by atoms with van der Waals surface area (Å²) in [5.41, 5.74) is 0.921. The fraction of sp³-hybridized carbons (Fsp3) is 0.556. The van der Waals surface area contributed by atoms with Gasteiger partial charge in [-0.2, -0.15) is 0 Å². The maximum Gasteiger partial charge on any atom is 0.241 e. The van der Waals surface area contributed by atoms with E-state index in [4.69, 9.17) is 9.47 Å². The van der Waals surface area contributed by atoms with Gasteiger partial charge < -0.3 is 25.0 Å². The van der Waals surface area contributed by atoms with E-state index >= 15 is 0 Å². The first kappa shape index (κ1) is 18.9. The molecule has 25 heavy (non-hydrogen) atoms. The molecule has 1 saturated heterocycles. The van der Waals surface area contributed by atoms with Gasteiger partial charge in [0.05, 0.1) is 27.3 Å². The Morgan fingerprint density at radius 2 is 1.96 bits per heavy atom. The Morgan fingerprint density at radius 1 is 1.20 bits per heavy atom. The van der Waals surface area contributed by atoms with E-state index in [0.29, 0.717) is 24.0 Å². The molecule has 2 N–H and O–H groups in total. The number of rotatable bonds is 7. The van der Waals surface area contributed by atoms with Crippen LogP contribution in [-0.2, 0) is 11.3 Å². The third-order valence-corrected chi connectivity index (χ3v) is 4.10. The highest BCUT2D eigenvalue weighted by Gasteiger charge is 2.17. The number of benzene rings is 1. The fourth-order valence-electron chi connectivity index (χ4n) is 2.82. The van der Waals surface area contributed by atoms with Crippen molar-refractivity contribution in [1.82, 2.24) is 15.5 Å². The Labute approximate surface area is 149 Å². The Kier molecular flexibility index (Phi) is 7.37. The van der Waals surface area contributed by atoms with Gasteiger partial charge in [0, 0.05) is 25.2 Å². The second-order valence-corrected chi connectivity index (χ2v) is 5.79. The Balaban J connectivity index is 2.00. The van der Waals surface area contributed by atoms with Crippen LogP contribution in [-0.4, -0.2) is 57.2 Å². The normalized spacial score (nSPS) is 14.4. The van der Waals surface area contributed by atoms with Gasteiger partial charge in [0.15, 0.2) is 17.5 Å². The lowest BCUT2D eigenvalue weighted by atomic mass is 10.2. The molecule has 0 radical (unpaired) electrons. The largest absolute Gasteiger partial charge is 0.493 e. The molecule has 1 aromatic rings. The molecule has 1 aliphatic rings. The molecule has 1 fully saturated rings. The van der Waals surface area contributed by atoms with Crippen LogP contribution in [0.1, 0.15) is 25.3 Å². The molecule has 2 rings (SSSR count). The summed E-state index contributed by atoms with van der Waals surface area (Å²) in [5.74, 6) is 2.08. The van der Waals surface area contributed by atoms with Crippen LogP contribution in [0.4, 0.5) is 0 Å².